The van der Waals surface area contributed by atoms with Crippen LogP contribution in [0.5, 0.6) is 0 Å². The third kappa shape index (κ3) is 1.69. The van der Waals surface area contributed by atoms with Gasteiger partial charge in [-0.3, -0.25) is 10.1 Å². The Kier molecular flexibility index (Phi) is 2.10. The summed E-state index contributed by atoms with van der Waals surface area (Å²) in [6.45, 7) is 1.43. The molecule has 1 aromatic carbocycles. The molecule has 14 heavy (non-hydrogen) atoms. The largest absolute Gasteiger partial charge is 0.295 e. The Balaban J connectivity index is 2.46. The molecule has 1 heterocycles. The van der Waals surface area contributed by atoms with Crippen LogP contribution in [-0.2, 0) is 4.79 Å². The predicted molar refractivity (Wildman–Crippen MR) is 53.8 cm³/mol. The molecule has 0 atom stereocenters. The van der Waals surface area contributed by atoms with Crippen LogP contribution in [-0.4, -0.2) is 15.9 Å². The first-order chi connectivity index (χ1) is 6.75. The van der Waals surface area contributed by atoms with Gasteiger partial charge in [0.15, 0.2) is 0 Å². The summed E-state index contributed by atoms with van der Waals surface area (Å²) in [5.41, 5.74) is 0.825. The summed E-state index contributed by atoms with van der Waals surface area (Å²) in [5.74, 6) is 0.177. The lowest BCUT2D eigenvalue weighted by molar-refractivity contribution is -0.114. The maximum Gasteiger partial charge on any atom is 0.229 e. The number of carbonyl (C=O) groups excluding carboxylic acids is 1. The number of fused-ring (bicyclic) bond motifs is 1. The van der Waals surface area contributed by atoms with Crippen LogP contribution in [0.2, 0.25) is 0 Å². The molecule has 0 unspecified atom stereocenters. The van der Waals surface area contributed by atoms with Gasteiger partial charge < -0.3 is 0 Å². The van der Waals surface area contributed by atoms with Crippen molar-refractivity contribution in [2.24, 2.45) is 0 Å². The number of nitrogens with one attached hydrogen (secondary N) is 1. The zero-order valence-electron chi connectivity index (χ0n) is 7.69. The van der Waals surface area contributed by atoms with E-state index in [1.165, 1.54) is 6.92 Å². The standard InChI is InChI=1S/C10H9N3O/c1-7(14)12-10-11-6-8-4-2-3-5-9(8)13-10/h2-6H,1H3,(H,11,12,13,14). The molecule has 0 aliphatic rings. The van der Waals surface area contributed by atoms with Crippen molar-refractivity contribution in [3.05, 3.63) is 30.5 Å². The maximum atomic E-state index is 10.8. The van der Waals surface area contributed by atoms with Crippen LogP contribution in [0.15, 0.2) is 30.5 Å². The molecule has 0 aliphatic carbocycles. The van der Waals surface area contributed by atoms with E-state index in [-0.39, 0.29) is 5.91 Å². The average Bonchev–Trinajstić information content (AvgIpc) is 2.17. The summed E-state index contributed by atoms with van der Waals surface area (Å²) in [4.78, 5) is 18.9. The van der Waals surface area contributed by atoms with Gasteiger partial charge in [-0.15, -0.1) is 0 Å². The second-order valence-corrected chi connectivity index (χ2v) is 2.93. The number of hydrogen-bond donors (Lipinski definition) is 1. The molecule has 0 fully saturated rings. The number of amides is 1. The second kappa shape index (κ2) is 3.41. The Hall–Kier alpha value is -1.97. The van der Waals surface area contributed by atoms with Crippen molar-refractivity contribution in [3.8, 4) is 0 Å². The quantitative estimate of drug-likeness (QED) is 0.737. The van der Waals surface area contributed by atoms with Crippen LogP contribution in [0.3, 0.4) is 0 Å². The molecular weight excluding hydrogens is 178 g/mol. The zero-order valence-corrected chi connectivity index (χ0v) is 7.69. The van der Waals surface area contributed by atoms with Crippen LogP contribution in [0.1, 0.15) is 6.92 Å². The highest BCUT2D eigenvalue weighted by Gasteiger charge is 1.99. The van der Waals surface area contributed by atoms with Crippen LogP contribution in [0, 0.1) is 0 Å². The Morgan fingerprint density at radius 1 is 1.36 bits per heavy atom. The molecule has 0 saturated carbocycles. The third-order valence-corrected chi connectivity index (χ3v) is 1.78. The normalized spacial score (nSPS) is 10.1. The third-order valence-electron chi connectivity index (χ3n) is 1.78. The van der Waals surface area contributed by atoms with Gasteiger partial charge in [0.25, 0.3) is 0 Å². The lowest BCUT2D eigenvalue weighted by Crippen LogP contribution is -2.08. The van der Waals surface area contributed by atoms with Crippen LogP contribution in [0.25, 0.3) is 10.9 Å². The van der Waals surface area contributed by atoms with Crippen LogP contribution in [0.4, 0.5) is 5.95 Å². The highest BCUT2D eigenvalue weighted by atomic mass is 16.1. The van der Waals surface area contributed by atoms with E-state index in [0.717, 1.165) is 10.9 Å². The Bertz CT molecular complexity index is 482. The number of para-hydroxylation sites is 1. The van der Waals surface area contributed by atoms with E-state index in [2.05, 4.69) is 15.3 Å². The molecule has 70 valence electrons. The van der Waals surface area contributed by atoms with Crippen LogP contribution < -0.4 is 5.32 Å². The number of anilines is 1. The number of hydrogen-bond acceptors (Lipinski definition) is 3. The highest BCUT2D eigenvalue weighted by molar-refractivity contribution is 5.88. The lowest BCUT2D eigenvalue weighted by Gasteiger charge is -2.00. The molecule has 0 radical (unpaired) electrons. The lowest BCUT2D eigenvalue weighted by atomic mass is 10.2. The van der Waals surface area contributed by atoms with Crippen molar-refractivity contribution in [2.45, 2.75) is 6.92 Å². The van der Waals surface area contributed by atoms with E-state index in [1.807, 2.05) is 24.3 Å². The smallest absolute Gasteiger partial charge is 0.229 e. The second-order valence-electron chi connectivity index (χ2n) is 2.93. The Morgan fingerprint density at radius 3 is 2.93 bits per heavy atom. The zero-order chi connectivity index (χ0) is 9.97. The van der Waals surface area contributed by atoms with E-state index in [9.17, 15) is 4.79 Å². The molecule has 1 amide bonds. The van der Waals surface area contributed by atoms with Gasteiger partial charge >= 0.3 is 0 Å². The average molecular weight is 187 g/mol. The minimum atomic E-state index is -0.166. The molecule has 0 aliphatic heterocycles. The summed E-state index contributed by atoms with van der Waals surface area (Å²) in [7, 11) is 0. The number of carbonyl (C=O) groups is 1. The molecule has 4 heteroatoms. The SMILES string of the molecule is CC(=O)Nc1ncc2ccccc2n1. The van der Waals surface area contributed by atoms with Gasteiger partial charge in [-0.1, -0.05) is 18.2 Å². The molecule has 0 spiro atoms. The fraction of sp³-hybridized carbons (Fsp3) is 0.100. The predicted octanol–water partition coefficient (Wildman–Crippen LogP) is 1.59. The van der Waals surface area contributed by atoms with E-state index < -0.39 is 0 Å². The Labute approximate surface area is 81.0 Å². The molecule has 2 aromatic rings. The fourth-order valence-corrected chi connectivity index (χ4v) is 1.19. The molecule has 1 aromatic heterocycles. The van der Waals surface area contributed by atoms with E-state index in [0.29, 0.717) is 5.95 Å². The van der Waals surface area contributed by atoms with Crippen molar-refractivity contribution >= 4 is 22.8 Å². The van der Waals surface area contributed by atoms with Crippen molar-refractivity contribution in [1.82, 2.24) is 9.97 Å². The first kappa shape index (κ1) is 8.62. The maximum absolute atomic E-state index is 10.8. The van der Waals surface area contributed by atoms with Gasteiger partial charge in [0.05, 0.1) is 5.52 Å². The van der Waals surface area contributed by atoms with Gasteiger partial charge in [-0.25, -0.2) is 9.97 Å². The first-order valence-corrected chi connectivity index (χ1v) is 4.25. The highest BCUT2D eigenvalue weighted by Crippen LogP contribution is 2.11. The number of benzene rings is 1. The topological polar surface area (TPSA) is 54.9 Å². The molecular formula is C10H9N3O. The van der Waals surface area contributed by atoms with Crippen LogP contribution >= 0.6 is 0 Å². The minimum Gasteiger partial charge on any atom is -0.295 e. The van der Waals surface area contributed by atoms with Gasteiger partial charge in [-0.2, -0.15) is 0 Å². The summed E-state index contributed by atoms with van der Waals surface area (Å²) in [6.07, 6.45) is 1.69. The number of aromatic nitrogens is 2. The van der Waals surface area contributed by atoms with Crippen molar-refractivity contribution < 1.29 is 4.79 Å². The number of rotatable bonds is 1. The first-order valence-electron chi connectivity index (χ1n) is 4.25. The molecule has 1 N–H and O–H groups in total. The summed E-state index contributed by atoms with van der Waals surface area (Å²) in [6, 6.07) is 7.62. The Morgan fingerprint density at radius 2 is 2.14 bits per heavy atom. The van der Waals surface area contributed by atoms with Gasteiger partial charge in [0.1, 0.15) is 0 Å². The van der Waals surface area contributed by atoms with Gasteiger partial charge in [0, 0.05) is 18.5 Å². The minimum absolute atomic E-state index is 0.166. The van der Waals surface area contributed by atoms with E-state index >= 15 is 0 Å². The summed E-state index contributed by atoms with van der Waals surface area (Å²) >= 11 is 0. The molecule has 4 nitrogen and oxygen atoms in total. The van der Waals surface area contributed by atoms with Crippen molar-refractivity contribution in [1.29, 1.82) is 0 Å². The fourth-order valence-electron chi connectivity index (χ4n) is 1.19. The van der Waals surface area contributed by atoms with Crippen molar-refractivity contribution in [3.63, 3.8) is 0 Å². The van der Waals surface area contributed by atoms with E-state index in [4.69, 9.17) is 0 Å². The molecule has 2 rings (SSSR count). The monoisotopic (exact) mass is 187 g/mol. The van der Waals surface area contributed by atoms with Gasteiger partial charge in [-0.05, 0) is 6.07 Å². The van der Waals surface area contributed by atoms with Crippen molar-refractivity contribution in [2.75, 3.05) is 5.32 Å². The van der Waals surface area contributed by atoms with Gasteiger partial charge in [0.2, 0.25) is 11.9 Å². The number of nitrogens with zero attached hydrogens (tertiary/aromatic N) is 2. The summed E-state index contributed by atoms with van der Waals surface area (Å²) in [5, 5.41) is 3.50. The summed E-state index contributed by atoms with van der Waals surface area (Å²) < 4.78 is 0. The van der Waals surface area contributed by atoms with E-state index in [1.54, 1.807) is 6.20 Å². The molecule has 0 saturated heterocycles. The molecule has 0 bridgehead atoms.